The third-order valence-electron chi connectivity index (χ3n) is 2.81. The Bertz CT molecular complexity index is 449. The highest BCUT2D eigenvalue weighted by atomic mass is 32.2. The number of methoxy groups -OCH3 is 1. The topological polar surface area (TPSA) is 68.3 Å². The number of ether oxygens (including phenoxy) is 1. The Morgan fingerprint density at radius 1 is 1.55 bits per heavy atom. The summed E-state index contributed by atoms with van der Waals surface area (Å²) in [7, 11) is 1.35. The van der Waals surface area contributed by atoms with Crippen molar-refractivity contribution in [3.05, 3.63) is 11.1 Å². The summed E-state index contributed by atoms with van der Waals surface area (Å²) >= 11 is 2.83. The maximum Gasteiger partial charge on any atom is 0.315 e. The standard InChI is InChI=1S/C13H20N2O3S2/c1-4-9(2)10-7-20-13(14-10)15-11(16)5-6-19-8-12(17)18-3/h7,9H,4-6,8H2,1-3H3,(H,14,15,16). The summed E-state index contributed by atoms with van der Waals surface area (Å²) in [6.45, 7) is 4.23. The molecule has 0 aliphatic carbocycles. The summed E-state index contributed by atoms with van der Waals surface area (Å²) in [5.74, 6) is 0.928. The summed E-state index contributed by atoms with van der Waals surface area (Å²) in [5.41, 5.74) is 1.02. The van der Waals surface area contributed by atoms with Gasteiger partial charge < -0.3 is 10.1 Å². The molecule has 0 saturated heterocycles. The Hall–Kier alpha value is -1.08. The molecule has 1 atom stereocenters. The van der Waals surface area contributed by atoms with Crippen LogP contribution in [0.4, 0.5) is 5.13 Å². The zero-order valence-corrected chi connectivity index (χ0v) is 13.6. The van der Waals surface area contributed by atoms with Gasteiger partial charge in [0.2, 0.25) is 5.91 Å². The van der Waals surface area contributed by atoms with E-state index in [0.717, 1.165) is 12.1 Å². The van der Waals surface area contributed by atoms with Crippen molar-refractivity contribution in [2.24, 2.45) is 0 Å². The van der Waals surface area contributed by atoms with Crippen LogP contribution in [0.1, 0.15) is 38.3 Å². The largest absolute Gasteiger partial charge is 0.468 e. The number of thioether (sulfide) groups is 1. The van der Waals surface area contributed by atoms with Crippen molar-refractivity contribution in [1.82, 2.24) is 4.98 Å². The highest BCUT2D eigenvalue weighted by molar-refractivity contribution is 7.99. The number of anilines is 1. The number of carbonyl (C=O) groups excluding carboxylic acids is 2. The number of carbonyl (C=O) groups is 2. The van der Waals surface area contributed by atoms with Crippen LogP contribution >= 0.6 is 23.1 Å². The molecular weight excluding hydrogens is 296 g/mol. The van der Waals surface area contributed by atoms with Gasteiger partial charge in [-0.2, -0.15) is 0 Å². The van der Waals surface area contributed by atoms with Gasteiger partial charge in [0.1, 0.15) is 0 Å². The molecule has 0 radical (unpaired) electrons. The number of thiazole rings is 1. The van der Waals surface area contributed by atoms with Crippen molar-refractivity contribution in [1.29, 1.82) is 0 Å². The van der Waals surface area contributed by atoms with Crippen molar-refractivity contribution in [2.75, 3.05) is 23.9 Å². The number of nitrogens with one attached hydrogen (secondary N) is 1. The summed E-state index contributed by atoms with van der Waals surface area (Å²) in [5, 5.41) is 5.41. The Morgan fingerprint density at radius 2 is 2.30 bits per heavy atom. The minimum absolute atomic E-state index is 0.0765. The fourth-order valence-corrected chi connectivity index (χ4v) is 2.95. The minimum atomic E-state index is -0.270. The van der Waals surface area contributed by atoms with Gasteiger partial charge in [0.15, 0.2) is 5.13 Å². The molecule has 0 spiro atoms. The van der Waals surface area contributed by atoms with Gasteiger partial charge in [-0.05, 0) is 12.3 Å². The molecule has 1 N–H and O–H groups in total. The predicted molar refractivity (Wildman–Crippen MR) is 83.4 cm³/mol. The molecule has 1 heterocycles. The first-order valence-electron chi connectivity index (χ1n) is 6.46. The van der Waals surface area contributed by atoms with Gasteiger partial charge in [0.25, 0.3) is 0 Å². The van der Waals surface area contributed by atoms with Gasteiger partial charge in [0.05, 0.1) is 18.6 Å². The Balaban J connectivity index is 2.28. The minimum Gasteiger partial charge on any atom is -0.468 e. The van der Waals surface area contributed by atoms with Crippen LogP contribution in [0.2, 0.25) is 0 Å². The summed E-state index contributed by atoms with van der Waals surface area (Å²) in [4.78, 5) is 27.0. The van der Waals surface area contributed by atoms with Gasteiger partial charge in [-0.3, -0.25) is 9.59 Å². The van der Waals surface area contributed by atoms with E-state index in [2.05, 4.69) is 28.9 Å². The van der Waals surface area contributed by atoms with E-state index in [1.807, 2.05) is 5.38 Å². The first kappa shape index (κ1) is 17.0. The third kappa shape index (κ3) is 5.92. The van der Waals surface area contributed by atoms with Crippen LogP contribution in [0.15, 0.2) is 5.38 Å². The average Bonchev–Trinajstić information content (AvgIpc) is 2.90. The predicted octanol–water partition coefficient (Wildman–Crippen LogP) is 2.89. The smallest absolute Gasteiger partial charge is 0.315 e. The first-order valence-corrected chi connectivity index (χ1v) is 8.50. The number of rotatable bonds is 8. The molecule has 0 bridgehead atoms. The number of hydrogen-bond donors (Lipinski definition) is 1. The molecule has 7 heteroatoms. The number of amides is 1. The molecular formula is C13H20N2O3S2. The quantitative estimate of drug-likeness (QED) is 0.590. The molecule has 5 nitrogen and oxygen atoms in total. The molecule has 20 heavy (non-hydrogen) atoms. The van der Waals surface area contributed by atoms with Crippen LogP contribution in [0.5, 0.6) is 0 Å². The summed E-state index contributed by atoms with van der Waals surface area (Å²) in [6, 6.07) is 0. The molecule has 0 saturated carbocycles. The van der Waals surface area contributed by atoms with E-state index in [4.69, 9.17) is 0 Å². The van der Waals surface area contributed by atoms with Gasteiger partial charge in [-0.25, -0.2) is 4.98 Å². The maximum absolute atomic E-state index is 11.7. The second-order valence-electron chi connectivity index (χ2n) is 4.31. The fourth-order valence-electron chi connectivity index (χ4n) is 1.34. The molecule has 0 fully saturated rings. The normalized spacial score (nSPS) is 11.9. The Kier molecular flexibility index (Phi) is 7.61. The van der Waals surface area contributed by atoms with E-state index in [0.29, 0.717) is 23.2 Å². The molecule has 1 aromatic heterocycles. The Morgan fingerprint density at radius 3 is 2.95 bits per heavy atom. The molecule has 0 aliphatic heterocycles. The van der Waals surface area contributed by atoms with E-state index >= 15 is 0 Å². The van der Waals surface area contributed by atoms with Gasteiger partial charge in [-0.1, -0.05) is 13.8 Å². The van der Waals surface area contributed by atoms with Gasteiger partial charge in [-0.15, -0.1) is 23.1 Å². The van der Waals surface area contributed by atoms with Crippen molar-refractivity contribution in [3.8, 4) is 0 Å². The van der Waals surface area contributed by atoms with E-state index in [9.17, 15) is 9.59 Å². The third-order valence-corrected chi connectivity index (χ3v) is 4.52. The lowest BCUT2D eigenvalue weighted by Crippen LogP contribution is -2.13. The second-order valence-corrected chi connectivity index (χ2v) is 6.28. The van der Waals surface area contributed by atoms with E-state index in [1.165, 1.54) is 30.2 Å². The van der Waals surface area contributed by atoms with E-state index in [-0.39, 0.29) is 17.6 Å². The van der Waals surface area contributed by atoms with Crippen LogP contribution in [-0.4, -0.2) is 35.5 Å². The summed E-state index contributed by atoms with van der Waals surface area (Å²) < 4.78 is 4.52. The highest BCUT2D eigenvalue weighted by Gasteiger charge is 2.10. The SMILES string of the molecule is CCC(C)c1csc(NC(=O)CCSCC(=O)OC)n1. The fraction of sp³-hybridized carbons (Fsp3) is 0.615. The molecule has 1 amide bonds. The molecule has 112 valence electrons. The maximum atomic E-state index is 11.7. The average molecular weight is 316 g/mol. The zero-order chi connectivity index (χ0) is 15.0. The molecule has 1 aromatic rings. The van der Waals surface area contributed by atoms with Crippen LogP contribution in [0, 0.1) is 0 Å². The number of hydrogen-bond acceptors (Lipinski definition) is 6. The van der Waals surface area contributed by atoms with Crippen molar-refractivity contribution in [2.45, 2.75) is 32.6 Å². The van der Waals surface area contributed by atoms with Crippen molar-refractivity contribution >= 4 is 40.1 Å². The Labute approximate surface area is 127 Å². The van der Waals surface area contributed by atoms with Gasteiger partial charge in [0, 0.05) is 17.6 Å². The molecule has 0 aromatic carbocycles. The highest BCUT2D eigenvalue weighted by Crippen LogP contribution is 2.23. The van der Waals surface area contributed by atoms with Gasteiger partial charge >= 0.3 is 5.97 Å². The number of aromatic nitrogens is 1. The van der Waals surface area contributed by atoms with Crippen LogP contribution in [0.25, 0.3) is 0 Å². The van der Waals surface area contributed by atoms with Crippen LogP contribution in [0.3, 0.4) is 0 Å². The molecule has 1 unspecified atom stereocenters. The lowest BCUT2D eigenvalue weighted by atomic mass is 10.1. The van der Waals surface area contributed by atoms with Crippen molar-refractivity contribution < 1.29 is 14.3 Å². The number of esters is 1. The van der Waals surface area contributed by atoms with Crippen LogP contribution < -0.4 is 5.32 Å². The molecule has 0 aliphatic rings. The van der Waals surface area contributed by atoms with E-state index < -0.39 is 0 Å². The monoisotopic (exact) mass is 316 g/mol. The number of nitrogens with zero attached hydrogens (tertiary/aromatic N) is 1. The lowest BCUT2D eigenvalue weighted by molar-refractivity contribution is -0.137. The zero-order valence-electron chi connectivity index (χ0n) is 12.0. The first-order chi connectivity index (χ1) is 9.56. The molecule has 1 rings (SSSR count). The van der Waals surface area contributed by atoms with Crippen molar-refractivity contribution in [3.63, 3.8) is 0 Å². The van der Waals surface area contributed by atoms with Crippen LogP contribution in [-0.2, 0) is 14.3 Å². The second kappa shape index (κ2) is 8.97. The summed E-state index contributed by atoms with van der Waals surface area (Å²) in [6.07, 6.45) is 1.39. The lowest BCUT2D eigenvalue weighted by Gasteiger charge is -2.03. The van der Waals surface area contributed by atoms with E-state index in [1.54, 1.807) is 0 Å².